The maximum atomic E-state index is 13.7. The minimum absolute atomic E-state index is 0.847. The highest BCUT2D eigenvalue weighted by Gasteiger charge is 2.65. The van der Waals surface area contributed by atoms with Gasteiger partial charge in [0.2, 0.25) is 23.6 Å². The Hall–Kier alpha value is -4.90. The van der Waals surface area contributed by atoms with Gasteiger partial charge in [0.1, 0.15) is 201 Å². The van der Waals surface area contributed by atoms with Crippen LogP contribution in [0.3, 0.4) is 0 Å². The van der Waals surface area contributed by atoms with E-state index < -0.39 is 389 Å². The second kappa shape index (κ2) is 43.2. The van der Waals surface area contributed by atoms with Gasteiger partial charge in [0.05, 0.1) is 83.3 Å². The standard InChI is InChI=1S/C68H112N4O51/c1-16-35(88)42(95)45(98)61(108-16)118-54-34(72-20(5)83)60(113-29(14-79)51(54)117-64-48(101)57(39(92)26(11-76)111-64)123-68(66(105)106)7-22(85)32(70-18(3)81)53(121-68)37(90)24(87)9-74)119-55-40(93)30(114-62(46(55)99)116-50-27(12-77)109-58(102)44(97)43(50)96)15-107-59-33(71-19(4)82)41(94)49(28(13-78)112-59)115-63-47(100)56(38(91)25(10-75)110-63)122-67(65(103)104)6-21(84)31(69-17(2)80)52(120-67)36(89)23(86)8-73/h16,21-64,73-79,84-102H,6-15H2,1-5H3,(H,69,80)(H,70,81)(H,71,82)(H,72,83)(H,103,104)(H,105,106)/t16-,21-,22-,23+,24+,25+,26+,27+,28+,29+,30+,31+,32+,33+,34+,35+,36+,37+,38-,39-,40-,41+,42+,43+,44+,45-,46+,47+,48+,49+,50+,51+,52+,53+,54+,55-,56-,57-,58?,59+,60-,61-,62-,63-,64-,67-,68-/m0/s1. The number of carboxylic acids is 2. The molecule has 0 radical (unpaired) electrons. The molecule has 9 aliphatic rings. The van der Waals surface area contributed by atoms with Crippen LogP contribution in [0.15, 0.2) is 0 Å². The average Bonchev–Trinajstić information content (AvgIpc) is 0.753. The zero-order chi connectivity index (χ0) is 91.4. The molecule has 0 spiro atoms. The number of aliphatic hydroxyl groups is 26. The van der Waals surface area contributed by atoms with Crippen LogP contribution in [0, 0.1) is 0 Å². The van der Waals surface area contributed by atoms with Crippen molar-refractivity contribution in [1.29, 1.82) is 0 Å². The Morgan fingerprint density at radius 3 is 1.13 bits per heavy atom. The van der Waals surface area contributed by atoms with E-state index in [0.29, 0.717) is 0 Å². The highest BCUT2D eigenvalue weighted by Crippen LogP contribution is 2.44. The fraction of sp³-hybridized carbons (Fsp3) is 0.912. The van der Waals surface area contributed by atoms with E-state index in [4.69, 9.17) is 80.5 Å². The van der Waals surface area contributed by atoms with Gasteiger partial charge in [-0.25, -0.2) is 9.59 Å². The first-order valence-electron chi connectivity index (χ1n) is 38.8. The van der Waals surface area contributed by atoms with E-state index in [1.165, 1.54) is 6.92 Å². The summed E-state index contributed by atoms with van der Waals surface area (Å²) in [6, 6.07) is -7.74. The van der Waals surface area contributed by atoms with Gasteiger partial charge in [0.25, 0.3) is 11.6 Å². The normalized spacial score (nSPS) is 46.6. The van der Waals surface area contributed by atoms with Crippen molar-refractivity contribution in [1.82, 2.24) is 21.3 Å². The molecule has 710 valence electrons. The van der Waals surface area contributed by atoms with Crippen LogP contribution in [0.4, 0.5) is 0 Å². The van der Waals surface area contributed by atoms with Crippen LogP contribution in [-0.2, 0) is 109 Å². The first-order chi connectivity index (χ1) is 57.8. The average molecular weight is 1800 g/mol. The highest BCUT2D eigenvalue weighted by molar-refractivity contribution is 5.78. The zero-order valence-electron chi connectivity index (χ0n) is 66.0. The molecule has 0 aromatic rings. The van der Waals surface area contributed by atoms with Crippen LogP contribution < -0.4 is 21.3 Å². The molecule has 1 unspecified atom stereocenters. The van der Waals surface area contributed by atoms with E-state index in [1.54, 1.807) is 0 Å². The summed E-state index contributed by atoms with van der Waals surface area (Å²) in [6.45, 7) is -5.13. The lowest BCUT2D eigenvalue weighted by Gasteiger charge is -2.52. The molecule has 4 amide bonds. The molecule has 9 saturated heterocycles. The maximum Gasteiger partial charge on any atom is 0.364 e. The van der Waals surface area contributed by atoms with E-state index >= 15 is 0 Å². The number of aliphatic hydroxyl groups excluding tert-OH is 26. The first-order valence-corrected chi connectivity index (χ1v) is 38.8. The van der Waals surface area contributed by atoms with Crippen molar-refractivity contribution in [3.05, 3.63) is 0 Å². The molecule has 9 aliphatic heterocycles. The number of hydrogen-bond acceptors (Lipinski definition) is 49. The van der Waals surface area contributed by atoms with Crippen LogP contribution in [0.5, 0.6) is 0 Å². The van der Waals surface area contributed by atoms with E-state index in [1.807, 2.05) is 0 Å². The molecule has 9 fully saturated rings. The maximum absolute atomic E-state index is 13.7. The Bertz CT molecular complexity index is 3430. The van der Waals surface area contributed by atoms with Crippen molar-refractivity contribution in [2.75, 3.05) is 52.9 Å². The van der Waals surface area contributed by atoms with Crippen LogP contribution >= 0.6 is 0 Å². The lowest BCUT2D eigenvalue weighted by atomic mass is 9.88. The van der Waals surface area contributed by atoms with Gasteiger partial charge in [-0.1, -0.05) is 0 Å². The Morgan fingerprint density at radius 2 is 0.699 bits per heavy atom. The SMILES string of the molecule is CC(=O)N[C@H]1[C@H](OC[C@H]2O[C@@H](O[C@H]3[C@H](O)[C@@H](O)C(O)O[C@@H]3CO)[C@H](O)[C@@H](O[C@@H]3O[C@H](CO)[C@@H](O[C@@H]4O[C@H](CO)[C@H](O)[C@H](O[C@]5(C(=O)O)C[C@H](O)[C@@H](NC(C)=O)[C@H]([C@H](O)[C@H](O)CO)O5)[C@H]4O)[C@H](O[C@@H]4O[C@@H](C)[C@@H](O)[C@@H](O)[C@@H]4O)[C@H]3NC(C)=O)[C@H]2O)O[C@H](CO)[C@@H](O[C@@H]2O[C@H](CO)[C@H](O)[C@H](O[C@]3(C(=O)O)C[C@H](O)[C@@H](NC(C)=O)[C@H]([C@H](O)[C@H](O)CO)O3)[C@H]2O)[C@@H]1O. The minimum Gasteiger partial charge on any atom is -0.477 e. The third kappa shape index (κ3) is 22.2. The molecule has 55 nitrogen and oxygen atoms in total. The van der Waals surface area contributed by atoms with Gasteiger partial charge >= 0.3 is 11.9 Å². The van der Waals surface area contributed by atoms with E-state index in [9.17, 15) is 172 Å². The lowest BCUT2D eigenvalue weighted by Crippen LogP contribution is -2.72. The fourth-order valence-corrected chi connectivity index (χ4v) is 15.8. The number of ether oxygens (including phenoxy) is 17. The van der Waals surface area contributed by atoms with Crippen molar-refractivity contribution in [3.63, 3.8) is 0 Å². The molecule has 0 saturated carbocycles. The van der Waals surface area contributed by atoms with E-state index in [-0.39, 0.29) is 0 Å². The minimum atomic E-state index is -3.37. The molecule has 55 heteroatoms. The largest absolute Gasteiger partial charge is 0.477 e. The van der Waals surface area contributed by atoms with Crippen molar-refractivity contribution in [2.24, 2.45) is 0 Å². The van der Waals surface area contributed by atoms with Gasteiger partial charge in [-0.15, -0.1) is 0 Å². The lowest BCUT2D eigenvalue weighted by molar-refractivity contribution is -0.400. The van der Waals surface area contributed by atoms with Gasteiger partial charge in [-0.2, -0.15) is 0 Å². The topological polar surface area (TPSA) is 874 Å². The van der Waals surface area contributed by atoms with Crippen LogP contribution in [0.1, 0.15) is 47.5 Å². The number of aliphatic carboxylic acids is 2. The quantitative estimate of drug-likeness (QED) is 0.0284. The summed E-state index contributed by atoms with van der Waals surface area (Å²) in [5, 5.41) is 321. The first kappa shape index (κ1) is 102. The van der Waals surface area contributed by atoms with Gasteiger partial charge in [0.15, 0.2) is 44.0 Å². The summed E-state index contributed by atoms with van der Waals surface area (Å²) in [4.78, 5) is 78.0. The number of carbonyl (C=O) groups is 6. The number of amides is 4. The Balaban J connectivity index is 1.04. The van der Waals surface area contributed by atoms with Crippen LogP contribution in [0.2, 0.25) is 0 Å². The number of carboxylic acid groups (broad SMARTS) is 2. The van der Waals surface area contributed by atoms with Gasteiger partial charge in [-0.05, 0) is 6.92 Å². The summed E-state index contributed by atoms with van der Waals surface area (Å²) in [7, 11) is 0. The number of nitrogens with one attached hydrogen (secondary N) is 4. The fourth-order valence-electron chi connectivity index (χ4n) is 15.8. The third-order valence-electron chi connectivity index (χ3n) is 22.3. The molecule has 9 heterocycles. The molecule has 9 rings (SSSR count). The zero-order valence-corrected chi connectivity index (χ0v) is 66.0. The molecule has 0 bridgehead atoms. The summed E-state index contributed by atoms with van der Waals surface area (Å²) in [5.41, 5.74) is 0. The smallest absolute Gasteiger partial charge is 0.364 e. The van der Waals surface area contributed by atoms with Crippen molar-refractivity contribution in [3.8, 4) is 0 Å². The molecular formula is C68H112N4O51. The number of rotatable bonds is 34. The second-order valence-corrected chi connectivity index (χ2v) is 31.0. The predicted molar refractivity (Wildman–Crippen MR) is 376 cm³/mol. The summed E-state index contributed by atoms with van der Waals surface area (Å²) >= 11 is 0. The summed E-state index contributed by atoms with van der Waals surface area (Å²) < 4.78 is 101. The van der Waals surface area contributed by atoms with Gasteiger partial charge in [0, 0.05) is 40.5 Å². The van der Waals surface area contributed by atoms with E-state index in [0.717, 1.165) is 27.7 Å². The Morgan fingerprint density at radius 1 is 0.350 bits per heavy atom. The summed E-state index contributed by atoms with van der Waals surface area (Å²) in [6.07, 6.45) is -94.4. The Kier molecular flexibility index (Phi) is 35.8. The third-order valence-corrected chi connectivity index (χ3v) is 22.3. The second-order valence-electron chi connectivity index (χ2n) is 31.0. The van der Waals surface area contributed by atoms with Crippen molar-refractivity contribution in [2.45, 2.75) is 335 Å². The predicted octanol–water partition coefficient (Wildman–Crippen LogP) is -20.6. The molecule has 32 N–H and O–H groups in total. The van der Waals surface area contributed by atoms with Gasteiger partial charge < -0.3 is 245 Å². The van der Waals surface area contributed by atoms with Crippen LogP contribution in [0.25, 0.3) is 0 Å². The monoisotopic (exact) mass is 1800 g/mol. The van der Waals surface area contributed by atoms with E-state index in [2.05, 4.69) is 21.3 Å². The van der Waals surface area contributed by atoms with Crippen molar-refractivity contribution >= 4 is 35.6 Å². The molecule has 123 heavy (non-hydrogen) atoms. The summed E-state index contributed by atoms with van der Waals surface area (Å²) in [5.74, 6) is -14.9. The highest BCUT2D eigenvalue weighted by atomic mass is 16.8. The van der Waals surface area contributed by atoms with Crippen LogP contribution in [-0.4, -0.2) is 519 Å². The molecule has 0 aromatic heterocycles. The molecule has 47 atom stereocenters. The molecular weight excluding hydrogens is 1690 g/mol. The Labute approximate surface area is 694 Å². The van der Waals surface area contributed by atoms with Gasteiger partial charge in [-0.3, -0.25) is 19.2 Å². The molecule has 0 aromatic carbocycles. The number of carbonyl (C=O) groups excluding carboxylic acids is 4. The molecule has 0 aliphatic carbocycles. The van der Waals surface area contributed by atoms with Crippen molar-refractivity contribution < 1.29 is 252 Å². The number of hydrogen-bond donors (Lipinski definition) is 32.